The Morgan fingerprint density at radius 3 is 2.31 bits per heavy atom. The highest BCUT2D eigenvalue weighted by Crippen LogP contribution is 2.20. The van der Waals surface area contributed by atoms with Crippen molar-refractivity contribution in [3.8, 4) is 0 Å². The van der Waals surface area contributed by atoms with Crippen molar-refractivity contribution in [1.29, 1.82) is 0 Å². The van der Waals surface area contributed by atoms with E-state index in [0.717, 1.165) is 10.0 Å². The van der Waals surface area contributed by atoms with Gasteiger partial charge in [0.25, 0.3) is 0 Å². The second kappa shape index (κ2) is 6.14. The standard InChI is InChI=1S/C10H13Br2NO2S/c1-2-10(13-16(14,15)7-11)8-3-5-9(12)6-4-8/h3-6,10,13H,2,7H2,1H3. The lowest BCUT2D eigenvalue weighted by Gasteiger charge is -2.16. The fraction of sp³-hybridized carbons (Fsp3) is 0.400. The molecule has 1 rings (SSSR count). The predicted octanol–water partition coefficient (Wildman–Crippen LogP) is 3.17. The van der Waals surface area contributed by atoms with Gasteiger partial charge in [0, 0.05) is 10.5 Å². The lowest BCUT2D eigenvalue weighted by Crippen LogP contribution is -2.28. The summed E-state index contributed by atoms with van der Waals surface area (Å²) in [4.78, 5) is 0. The molecule has 0 spiro atoms. The van der Waals surface area contributed by atoms with Crippen molar-refractivity contribution in [2.75, 3.05) is 4.66 Å². The first kappa shape index (κ1) is 14.2. The Hall–Kier alpha value is 0.0900. The summed E-state index contributed by atoms with van der Waals surface area (Å²) in [7, 11) is -3.23. The summed E-state index contributed by atoms with van der Waals surface area (Å²) in [6.45, 7) is 1.95. The molecular weight excluding hydrogens is 358 g/mol. The molecule has 0 amide bonds. The minimum Gasteiger partial charge on any atom is -0.212 e. The zero-order valence-corrected chi connectivity index (χ0v) is 12.8. The molecule has 1 aromatic carbocycles. The molecule has 1 aromatic rings. The smallest absolute Gasteiger partial charge is 0.212 e. The van der Waals surface area contributed by atoms with Crippen LogP contribution in [0, 0.1) is 0 Å². The third kappa shape index (κ3) is 4.16. The van der Waals surface area contributed by atoms with E-state index in [2.05, 4.69) is 36.6 Å². The van der Waals surface area contributed by atoms with Crippen LogP contribution in [0.25, 0.3) is 0 Å². The Morgan fingerprint density at radius 2 is 1.88 bits per heavy atom. The molecule has 0 aromatic heterocycles. The van der Waals surface area contributed by atoms with E-state index in [9.17, 15) is 8.42 Å². The maximum Gasteiger partial charge on any atom is 0.222 e. The molecular formula is C10H13Br2NO2S. The van der Waals surface area contributed by atoms with Gasteiger partial charge >= 0.3 is 0 Å². The van der Waals surface area contributed by atoms with E-state index in [1.807, 2.05) is 31.2 Å². The van der Waals surface area contributed by atoms with Crippen LogP contribution < -0.4 is 4.72 Å². The Morgan fingerprint density at radius 1 is 1.31 bits per heavy atom. The molecule has 1 unspecified atom stereocenters. The zero-order chi connectivity index (χ0) is 12.2. The van der Waals surface area contributed by atoms with Gasteiger partial charge in [0.2, 0.25) is 10.0 Å². The Balaban J connectivity index is 2.87. The molecule has 1 atom stereocenters. The van der Waals surface area contributed by atoms with Crippen molar-refractivity contribution in [2.24, 2.45) is 0 Å². The van der Waals surface area contributed by atoms with Crippen LogP contribution in [0.3, 0.4) is 0 Å². The lowest BCUT2D eigenvalue weighted by atomic mass is 10.1. The van der Waals surface area contributed by atoms with Crippen LogP contribution in [0.5, 0.6) is 0 Å². The summed E-state index contributed by atoms with van der Waals surface area (Å²) in [5.74, 6) is 0. The highest BCUT2D eigenvalue weighted by molar-refractivity contribution is 9.10. The third-order valence-corrected chi connectivity index (χ3v) is 5.41. The first-order valence-electron chi connectivity index (χ1n) is 4.80. The van der Waals surface area contributed by atoms with Gasteiger partial charge in [-0.2, -0.15) is 0 Å². The molecule has 0 aliphatic carbocycles. The topological polar surface area (TPSA) is 46.2 Å². The first-order valence-corrected chi connectivity index (χ1v) is 8.36. The van der Waals surface area contributed by atoms with Crippen LogP contribution in [0.4, 0.5) is 0 Å². The molecule has 90 valence electrons. The predicted molar refractivity (Wildman–Crippen MR) is 73.0 cm³/mol. The van der Waals surface area contributed by atoms with Gasteiger partial charge in [0.1, 0.15) is 4.66 Å². The van der Waals surface area contributed by atoms with Gasteiger partial charge in [0.05, 0.1) is 0 Å². The van der Waals surface area contributed by atoms with Crippen LogP contribution in [-0.4, -0.2) is 13.1 Å². The molecule has 0 radical (unpaired) electrons. The number of hydrogen-bond donors (Lipinski definition) is 1. The van der Waals surface area contributed by atoms with Crippen LogP contribution in [0.15, 0.2) is 28.7 Å². The fourth-order valence-corrected chi connectivity index (χ4v) is 2.79. The molecule has 0 saturated carbocycles. The van der Waals surface area contributed by atoms with Crippen molar-refractivity contribution >= 4 is 41.9 Å². The molecule has 0 heterocycles. The third-order valence-electron chi connectivity index (χ3n) is 2.15. The van der Waals surface area contributed by atoms with Gasteiger partial charge in [-0.05, 0) is 24.1 Å². The van der Waals surface area contributed by atoms with Crippen LogP contribution in [0.2, 0.25) is 0 Å². The number of benzene rings is 1. The van der Waals surface area contributed by atoms with Gasteiger partial charge < -0.3 is 0 Å². The van der Waals surface area contributed by atoms with E-state index < -0.39 is 10.0 Å². The van der Waals surface area contributed by atoms with Crippen molar-refractivity contribution in [2.45, 2.75) is 19.4 Å². The number of hydrogen-bond acceptors (Lipinski definition) is 2. The van der Waals surface area contributed by atoms with Crippen molar-refractivity contribution in [3.05, 3.63) is 34.3 Å². The molecule has 0 bridgehead atoms. The normalized spacial score (nSPS) is 13.7. The van der Waals surface area contributed by atoms with Crippen molar-refractivity contribution in [3.63, 3.8) is 0 Å². The van der Waals surface area contributed by atoms with Crippen LogP contribution in [-0.2, 0) is 10.0 Å². The van der Waals surface area contributed by atoms with Gasteiger partial charge in [-0.3, -0.25) is 0 Å². The zero-order valence-electron chi connectivity index (χ0n) is 8.78. The minimum absolute atomic E-state index is 0.0764. The summed E-state index contributed by atoms with van der Waals surface area (Å²) >= 11 is 6.30. The van der Waals surface area contributed by atoms with E-state index in [1.54, 1.807) is 0 Å². The molecule has 3 nitrogen and oxygen atoms in total. The molecule has 6 heteroatoms. The van der Waals surface area contributed by atoms with Crippen LogP contribution in [0.1, 0.15) is 24.9 Å². The maximum atomic E-state index is 11.4. The molecule has 0 fully saturated rings. The summed E-state index contributed by atoms with van der Waals surface area (Å²) in [6.07, 6.45) is 0.716. The van der Waals surface area contributed by atoms with Gasteiger partial charge in [-0.1, -0.05) is 50.9 Å². The molecule has 0 aliphatic heterocycles. The number of halogens is 2. The molecule has 0 saturated heterocycles. The Bertz CT molecular complexity index is 431. The second-order valence-electron chi connectivity index (χ2n) is 3.35. The van der Waals surface area contributed by atoms with Crippen LogP contribution >= 0.6 is 31.9 Å². The number of nitrogens with one attached hydrogen (secondary N) is 1. The van der Waals surface area contributed by atoms with E-state index in [-0.39, 0.29) is 10.7 Å². The first-order chi connectivity index (χ1) is 7.48. The van der Waals surface area contributed by atoms with E-state index >= 15 is 0 Å². The SMILES string of the molecule is CCC(NS(=O)(=O)CBr)c1ccc(Br)cc1. The van der Waals surface area contributed by atoms with Crippen molar-refractivity contribution in [1.82, 2.24) is 4.72 Å². The average molecular weight is 371 g/mol. The summed E-state index contributed by atoms with van der Waals surface area (Å²) < 4.78 is 26.4. The van der Waals surface area contributed by atoms with Gasteiger partial charge in [-0.15, -0.1) is 0 Å². The summed E-state index contributed by atoms with van der Waals surface area (Å²) in [5.41, 5.74) is 0.968. The maximum absolute atomic E-state index is 11.4. The molecule has 0 aliphatic rings. The largest absolute Gasteiger partial charge is 0.222 e. The van der Waals surface area contributed by atoms with Gasteiger partial charge in [-0.25, -0.2) is 13.1 Å². The minimum atomic E-state index is -3.23. The monoisotopic (exact) mass is 369 g/mol. The van der Waals surface area contributed by atoms with Crippen molar-refractivity contribution < 1.29 is 8.42 Å². The average Bonchev–Trinajstić information content (AvgIpc) is 2.27. The lowest BCUT2D eigenvalue weighted by molar-refractivity contribution is 0.555. The molecule has 1 N–H and O–H groups in total. The Kier molecular flexibility index (Phi) is 5.43. The Labute approximate surface area is 113 Å². The van der Waals surface area contributed by atoms with E-state index in [1.165, 1.54) is 0 Å². The fourth-order valence-electron chi connectivity index (χ4n) is 1.33. The number of rotatable bonds is 5. The van der Waals surface area contributed by atoms with E-state index in [0.29, 0.717) is 6.42 Å². The number of sulfonamides is 1. The quantitative estimate of drug-likeness (QED) is 0.809. The second-order valence-corrected chi connectivity index (χ2v) is 7.33. The van der Waals surface area contributed by atoms with Gasteiger partial charge in [0.15, 0.2) is 0 Å². The number of alkyl halides is 1. The highest BCUT2D eigenvalue weighted by Gasteiger charge is 2.16. The highest BCUT2D eigenvalue weighted by atomic mass is 79.9. The van der Waals surface area contributed by atoms with E-state index in [4.69, 9.17) is 0 Å². The molecule has 16 heavy (non-hydrogen) atoms. The summed E-state index contributed by atoms with van der Waals surface area (Å²) in [6, 6.07) is 7.46. The summed E-state index contributed by atoms with van der Waals surface area (Å²) in [5, 5.41) is 0.